The lowest BCUT2D eigenvalue weighted by Crippen LogP contribution is -2.39. The van der Waals surface area contributed by atoms with Gasteiger partial charge < -0.3 is 9.64 Å². The number of anilines is 1. The number of hydrogen-bond donors (Lipinski definition) is 0. The summed E-state index contributed by atoms with van der Waals surface area (Å²) in [6.45, 7) is 6.02. The highest BCUT2D eigenvalue weighted by Crippen LogP contribution is 2.37. The maximum absolute atomic E-state index is 6.37. The standard InChI is InChI=1S/C22H28ClN7O/c1-13-14(2)26-21-20(25-13)19(15-4-6-17(23)7-5-15)27-22(28-21)30-8-9-31-18(12-30)16-10-24-29(3)11-16/h10-11,15,17-18H,4-9,12H2,1-3H3/t15?,17?,18-/m1/s1. The summed E-state index contributed by atoms with van der Waals surface area (Å²) in [4.78, 5) is 21.7. The summed E-state index contributed by atoms with van der Waals surface area (Å²) in [6.07, 6.45) is 7.87. The number of halogens is 1. The molecule has 3 aromatic rings. The number of aromatic nitrogens is 6. The molecule has 0 aromatic carbocycles. The Morgan fingerprint density at radius 3 is 2.55 bits per heavy atom. The van der Waals surface area contributed by atoms with Crippen molar-refractivity contribution < 1.29 is 4.74 Å². The van der Waals surface area contributed by atoms with Gasteiger partial charge in [0.05, 0.1) is 36.4 Å². The van der Waals surface area contributed by atoms with Crippen LogP contribution in [0.15, 0.2) is 12.4 Å². The van der Waals surface area contributed by atoms with Gasteiger partial charge >= 0.3 is 0 Å². The van der Waals surface area contributed by atoms with Gasteiger partial charge in [0.1, 0.15) is 11.6 Å². The predicted molar refractivity (Wildman–Crippen MR) is 120 cm³/mol. The third-order valence-corrected chi connectivity index (χ3v) is 6.88. The number of aryl methyl sites for hydroxylation is 3. The fraction of sp³-hybridized carbons (Fsp3) is 0.591. The van der Waals surface area contributed by atoms with E-state index >= 15 is 0 Å². The normalized spacial score (nSPS) is 24.6. The molecule has 9 heteroatoms. The van der Waals surface area contributed by atoms with Crippen molar-refractivity contribution in [1.29, 1.82) is 0 Å². The van der Waals surface area contributed by atoms with Gasteiger partial charge in [-0.2, -0.15) is 10.1 Å². The van der Waals surface area contributed by atoms with Crippen LogP contribution in [0.4, 0.5) is 5.95 Å². The summed E-state index contributed by atoms with van der Waals surface area (Å²) in [7, 11) is 1.92. The first-order chi connectivity index (χ1) is 15.0. The molecular weight excluding hydrogens is 414 g/mol. The number of hydrogen-bond acceptors (Lipinski definition) is 7. The molecule has 0 N–H and O–H groups in total. The van der Waals surface area contributed by atoms with Crippen molar-refractivity contribution in [2.75, 3.05) is 24.6 Å². The van der Waals surface area contributed by atoms with Crippen molar-refractivity contribution in [1.82, 2.24) is 29.7 Å². The fourth-order valence-corrected chi connectivity index (χ4v) is 4.76. The molecule has 31 heavy (non-hydrogen) atoms. The lowest BCUT2D eigenvalue weighted by molar-refractivity contribution is 0.0392. The van der Waals surface area contributed by atoms with Gasteiger partial charge in [0.2, 0.25) is 5.95 Å². The van der Waals surface area contributed by atoms with E-state index in [1.807, 2.05) is 33.3 Å². The summed E-state index contributed by atoms with van der Waals surface area (Å²) in [5, 5.41) is 4.55. The number of rotatable bonds is 3. The average Bonchev–Trinajstić information content (AvgIpc) is 3.21. The summed E-state index contributed by atoms with van der Waals surface area (Å²) >= 11 is 6.37. The van der Waals surface area contributed by atoms with Crippen molar-refractivity contribution in [3.63, 3.8) is 0 Å². The summed E-state index contributed by atoms with van der Waals surface area (Å²) in [5.74, 6) is 1.05. The molecule has 0 unspecified atom stereocenters. The second kappa shape index (κ2) is 8.31. The molecule has 4 heterocycles. The minimum absolute atomic E-state index is 0.0530. The zero-order valence-corrected chi connectivity index (χ0v) is 19.0. The SMILES string of the molecule is Cc1nc2nc(N3CCO[C@@H](c4cnn(C)c4)C3)nc(C3CCC(Cl)CC3)c2nc1C. The summed E-state index contributed by atoms with van der Waals surface area (Å²) < 4.78 is 7.82. The van der Waals surface area contributed by atoms with Gasteiger partial charge in [-0.3, -0.25) is 4.68 Å². The largest absolute Gasteiger partial charge is 0.370 e. The predicted octanol–water partition coefficient (Wildman–Crippen LogP) is 3.61. The van der Waals surface area contributed by atoms with Crippen molar-refractivity contribution in [3.05, 3.63) is 35.0 Å². The van der Waals surface area contributed by atoms with E-state index in [0.717, 1.165) is 60.4 Å². The monoisotopic (exact) mass is 441 g/mol. The molecule has 2 fully saturated rings. The second-order valence-electron chi connectivity index (χ2n) is 8.68. The molecular formula is C22H28ClN7O. The van der Waals surface area contributed by atoms with Crippen molar-refractivity contribution in [3.8, 4) is 0 Å². The molecule has 1 aliphatic carbocycles. The van der Waals surface area contributed by atoms with Crippen LogP contribution in [0, 0.1) is 13.8 Å². The molecule has 1 atom stereocenters. The van der Waals surface area contributed by atoms with E-state index in [1.54, 1.807) is 4.68 Å². The molecule has 8 nitrogen and oxygen atoms in total. The van der Waals surface area contributed by atoms with Gasteiger partial charge in [-0.15, -0.1) is 11.6 Å². The molecule has 0 radical (unpaired) electrons. The Balaban J connectivity index is 1.53. The van der Waals surface area contributed by atoms with Crippen molar-refractivity contribution in [2.45, 2.75) is 56.9 Å². The van der Waals surface area contributed by atoms with Gasteiger partial charge in [-0.05, 0) is 39.5 Å². The molecule has 0 bridgehead atoms. The van der Waals surface area contributed by atoms with Crippen LogP contribution in [0.1, 0.15) is 60.4 Å². The van der Waals surface area contributed by atoms with E-state index < -0.39 is 0 Å². The van der Waals surface area contributed by atoms with Crippen LogP contribution in [0.2, 0.25) is 0 Å². The van der Waals surface area contributed by atoms with Gasteiger partial charge in [-0.1, -0.05) is 0 Å². The molecule has 164 valence electrons. The maximum atomic E-state index is 6.37. The molecule has 0 spiro atoms. The number of nitrogens with zero attached hydrogens (tertiary/aromatic N) is 7. The fourth-order valence-electron chi connectivity index (χ4n) is 4.51. The highest BCUT2D eigenvalue weighted by atomic mass is 35.5. The molecule has 1 saturated heterocycles. The minimum atomic E-state index is -0.0530. The van der Waals surface area contributed by atoms with E-state index in [1.165, 1.54) is 0 Å². The van der Waals surface area contributed by atoms with Crippen molar-refractivity contribution >= 4 is 28.7 Å². The summed E-state index contributed by atoms with van der Waals surface area (Å²) in [6, 6.07) is 0. The molecule has 3 aromatic heterocycles. The van der Waals surface area contributed by atoms with E-state index in [4.69, 9.17) is 36.3 Å². The van der Waals surface area contributed by atoms with Crippen LogP contribution in [0.3, 0.4) is 0 Å². The zero-order chi connectivity index (χ0) is 21.5. The highest BCUT2D eigenvalue weighted by molar-refractivity contribution is 6.20. The van der Waals surface area contributed by atoms with Crippen LogP contribution in [-0.2, 0) is 11.8 Å². The smallest absolute Gasteiger partial charge is 0.227 e. The Kier molecular flexibility index (Phi) is 5.52. The van der Waals surface area contributed by atoms with Crippen LogP contribution < -0.4 is 4.90 Å². The topological polar surface area (TPSA) is 81.9 Å². The van der Waals surface area contributed by atoms with Crippen LogP contribution in [0.5, 0.6) is 0 Å². The quantitative estimate of drug-likeness (QED) is 0.574. The lowest BCUT2D eigenvalue weighted by Gasteiger charge is -2.33. The van der Waals surface area contributed by atoms with Crippen LogP contribution >= 0.6 is 11.6 Å². The summed E-state index contributed by atoms with van der Waals surface area (Å²) in [5.41, 5.74) is 5.44. The zero-order valence-electron chi connectivity index (χ0n) is 18.3. The molecule has 1 aliphatic heterocycles. The minimum Gasteiger partial charge on any atom is -0.370 e. The van der Waals surface area contributed by atoms with Crippen LogP contribution in [-0.4, -0.2) is 54.8 Å². The Morgan fingerprint density at radius 2 is 1.81 bits per heavy atom. The molecule has 1 saturated carbocycles. The second-order valence-corrected chi connectivity index (χ2v) is 9.29. The Labute approximate surface area is 187 Å². The van der Waals surface area contributed by atoms with E-state index in [-0.39, 0.29) is 11.5 Å². The maximum Gasteiger partial charge on any atom is 0.227 e. The lowest BCUT2D eigenvalue weighted by atomic mass is 9.86. The first-order valence-corrected chi connectivity index (χ1v) is 11.4. The van der Waals surface area contributed by atoms with Crippen LogP contribution in [0.25, 0.3) is 11.2 Å². The first-order valence-electron chi connectivity index (χ1n) is 11.0. The van der Waals surface area contributed by atoms with Gasteiger partial charge in [0.15, 0.2) is 5.65 Å². The van der Waals surface area contributed by atoms with E-state index in [9.17, 15) is 0 Å². The van der Waals surface area contributed by atoms with Crippen molar-refractivity contribution in [2.24, 2.45) is 7.05 Å². The number of alkyl halides is 1. The highest BCUT2D eigenvalue weighted by Gasteiger charge is 2.29. The Bertz CT molecular complexity index is 1090. The van der Waals surface area contributed by atoms with E-state index in [2.05, 4.69) is 10.00 Å². The first kappa shape index (κ1) is 20.6. The molecule has 5 rings (SSSR count). The number of morpholine rings is 1. The Morgan fingerprint density at radius 1 is 1.03 bits per heavy atom. The Hall–Kier alpha value is -2.32. The van der Waals surface area contributed by atoms with Gasteiger partial charge in [0, 0.05) is 36.6 Å². The molecule has 0 amide bonds. The van der Waals surface area contributed by atoms with Gasteiger partial charge in [0.25, 0.3) is 0 Å². The third-order valence-electron chi connectivity index (χ3n) is 6.45. The molecule has 2 aliphatic rings. The van der Waals surface area contributed by atoms with E-state index in [0.29, 0.717) is 30.7 Å². The third kappa shape index (κ3) is 4.11. The van der Waals surface area contributed by atoms with Gasteiger partial charge in [-0.25, -0.2) is 15.0 Å². The average molecular weight is 442 g/mol. The number of fused-ring (bicyclic) bond motifs is 1. The number of ether oxygens (including phenoxy) is 1.